The summed E-state index contributed by atoms with van der Waals surface area (Å²) >= 11 is 0. The van der Waals surface area contributed by atoms with Crippen LogP contribution in [-0.2, 0) is 9.47 Å². The summed E-state index contributed by atoms with van der Waals surface area (Å²) in [6, 6.07) is 9.99. The molecule has 0 saturated carbocycles. The molecule has 1 aromatic heterocycles. The predicted octanol–water partition coefficient (Wildman–Crippen LogP) is 4.18. The SMILES string of the molecule is CCOc1cc(C)nn1-c1ccc(C2OC(C)(C)C(C)(C)O2)cc1. The van der Waals surface area contributed by atoms with Crippen LogP contribution < -0.4 is 4.74 Å². The van der Waals surface area contributed by atoms with Crippen LogP contribution in [-0.4, -0.2) is 27.6 Å². The predicted molar refractivity (Wildman–Crippen MR) is 92.5 cm³/mol. The molecule has 0 amide bonds. The molecule has 0 N–H and O–H groups in total. The molecule has 5 heteroatoms. The monoisotopic (exact) mass is 330 g/mol. The molecule has 1 saturated heterocycles. The molecule has 0 spiro atoms. The van der Waals surface area contributed by atoms with Gasteiger partial charge in [0.15, 0.2) is 6.29 Å². The smallest absolute Gasteiger partial charge is 0.216 e. The van der Waals surface area contributed by atoms with E-state index in [2.05, 4.69) is 32.8 Å². The van der Waals surface area contributed by atoms with E-state index in [1.165, 1.54) is 0 Å². The lowest BCUT2D eigenvalue weighted by molar-refractivity contribution is -0.0895. The van der Waals surface area contributed by atoms with Crippen molar-refractivity contribution in [2.24, 2.45) is 0 Å². The molecule has 24 heavy (non-hydrogen) atoms. The summed E-state index contributed by atoms with van der Waals surface area (Å²) in [4.78, 5) is 0. The minimum Gasteiger partial charge on any atom is -0.478 e. The number of aryl methyl sites for hydroxylation is 1. The Morgan fingerprint density at radius 3 is 2.21 bits per heavy atom. The molecule has 2 heterocycles. The van der Waals surface area contributed by atoms with Gasteiger partial charge in [0, 0.05) is 11.6 Å². The quantitative estimate of drug-likeness (QED) is 0.843. The highest BCUT2D eigenvalue weighted by molar-refractivity contribution is 5.38. The third kappa shape index (κ3) is 2.94. The molecule has 0 atom stereocenters. The fraction of sp³-hybridized carbons (Fsp3) is 0.526. The van der Waals surface area contributed by atoms with E-state index in [-0.39, 0.29) is 17.5 Å². The van der Waals surface area contributed by atoms with Gasteiger partial charge in [0.05, 0.1) is 29.2 Å². The average Bonchev–Trinajstić information content (AvgIpc) is 2.97. The highest BCUT2D eigenvalue weighted by Crippen LogP contribution is 2.44. The molecule has 0 radical (unpaired) electrons. The summed E-state index contributed by atoms with van der Waals surface area (Å²) in [5, 5.41) is 4.50. The molecule has 130 valence electrons. The van der Waals surface area contributed by atoms with Crippen LogP contribution in [0.3, 0.4) is 0 Å². The molecule has 0 aliphatic carbocycles. The van der Waals surface area contributed by atoms with Gasteiger partial charge in [-0.05, 0) is 53.7 Å². The highest BCUT2D eigenvalue weighted by atomic mass is 16.7. The topological polar surface area (TPSA) is 45.5 Å². The zero-order valence-corrected chi connectivity index (χ0v) is 15.3. The molecule has 3 rings (SSSR count). The van der Waals surface area contributed by atoms with Crippen molar-refractivity contribution < 1.29 is 14.2 Å². The second-order valence-electron chi connectivity index (χ2n) is 7.15. The maximum absolute atomic E-state index is 6.09. The van der Waals surface area contributed by atoms with E-state index in [1.54, 1.807) is 0 Å². The number of rotatable bonds is 4. The summed E-state index contributed by atoms with van der Waals surface area (Å²) in [5.41, 5.74) is 2.20. The van der Waals surface area contributed by atoms with Gasteiger partial charge in [0.2, 0.25) is 5.88 Å². The molecular weight excluding hydrogens is 304 g/mol. The van der Waals surface area contributed by atoms with Crippen LogP contribution >= 0.6 is 0 Å². The zero-order valence-electron chi connectivity index (χ0n) is 15.3. The Kier molecular flexibility index (Phi) is 4.18. The first-order valence-electron chi connectivity index (χ1n) is 8.39. The fourth-order valence-electron chi connectivity index (χ4n) is 2.66. The van der Waals surface area contributed by atoms with Gasteiger partial charge in [-0.25, -0.2) is 4.68 Å². The molecule has 1 aliphatic rings. The Morgan fingerprint density at radius 1 is 1.08 bits per heavy atom. The van der Waals surface area contributed by atoms with E-state index >= 15 is 0 Å². The van der Waals surface area contributed by atoms with E-state index in [9.17, 15) is 0 Å². The Balaban J connectivity index is 1.85. The summed E-state index contributed by atoms with van der Waals surface area (Å²) in [6.45, 7) is 12.8. The maximum Gasteiger partial charge on any atom is 0.216 e. The standard InChI is InChI=1S/C19H26N2O3/c1-7-22-16-12-13(2)20-21(16)15-10-8-14(9-11-15)17-23-18(3,4)19(5,6)24-17/h8-12,17H,7H2,1-6H3. The molecule has 0 bridgehead atoms. The van der Waals surface area contributed by atoms with Crippen molar-refractivity contribution in [2.75, 3.05) is 6.61 Å². The van der Waals surface area contributed by atoms with Crippen molar-refractivity contribution in [3.05, 3.63) is 41.6 Å². The number of hydrogen-bond acceptors (Lipinski definition) is 4. The van der Waals surface area contributed by atoms with Gasteiger partial charge >= 0.3 is 0 Å². The van der Waals surface area contributed by atoms with Crippen molar-refractivity contribution in [3.8, 4) is 11.6 Å². The lowest BCUT2D eigenvalue weighted by Crippen LogP contribution is -2.41. The maximum atomic E-state index is 6.09. The average molecular weight is 330 g/mol. The first-order chi connectivity index (χ1) is 11.2. The molecule has 5 nitrogen and oxygen atoms in total. The van der Waals surface area contributed by atoms with Crippen LogP contribution in [0, 0.1) is 6.92 Å². The summed E-state index contributed by atoms with van der Waals surface area (Å²) in [7, 11) is 0. The Labute approximate surface area is 143 Å². The van der Waals surface area contributed by atoms with Crippen LogP contribution in [0.15, 0.2) is 30.3 Å². The molecule has 0 unspecified atom stereocenters. The molecule has 1 aromatic carbocycles. The lowest BCUT2D eigenvalue weighted by atomic mass is 9.90. The van der Waals surface area contributed by atoms with Crippen molar-refractivity contribution in [2.45, 2.75) is 59.0 Å². The number of hydrogen-bond donors (Lipinski definition) is 0. The van der Waals surface area contributed by atoms with E-state index < -0.39 is 0 Å². The third-order valence-corrected chi connectivity index (χ3v) is 4.75. The summed E-state index contributed by atoms with van der Waals surface area (Å²) in [6.07, 6.45) is -0.352. The number of benzene rings is 1. The van der Waals surface area contributed by atoms with Crippen LogP contribution in [0.5, 0.6) is 5.88 Å². The lowest BCUT2D eigenvalue weighted by Gasteiger charge is -2.30. The first kappa shape index (κ1) is 17.0. The minimum absolute atomic E-state index is 0.336. The largest absolute Gasteiger partial charge is 0.478 e. The highest BCUT2D eigenvalue weighted by Gasteiger charge is 2.49. The van der Waals surface area contributed by atoms with E-state index in [0.717, 1.165) is 22.8 Å². The third-order valence-electron chi connectivity index (χ3n) is 4.75. The Morgan fingerprint density at radius 2 is 1.67 bits per heavy atom. The van der Waals surface area contributed by atoms with E-state index in [0.29, 0.717) is 6.61 Å². The van der Waals surface area contributed by atoms with E-state index in [1.807, 2.05) is 48.9 Å². The number of ether oxygens (including phenoxy) is 3. The Hall–Kier alpha value is -1.85. The van der Waals surface area contributed by atoms with Gasteiger partial charge < -0.3 is 14.2 Å². The molecule has 2 aromatic rings. The van der Waals surface area contributed by atoms with Crippen molar-refractivity contribution in [1.29, 1.82) is 0 Å². The fourth-order valence-corrected chi connectivity index (χ4v) is 2.66. The summed E-state index contributed by atoms with van der Waals surface area (Å²) < 4.78 is 19.6. The van der Waals surface area contributed by atoms with Crippen molar-refractivity contribution in [1.82, 2.24) is 9.78 Å². The van der Waals surface area contributed by atoms with Crippen LogP contribution in [0.1, 0.15) is 52.2 Å². The van der Waals surface area contributed by atoms with Gasteiger partial charge in [-0.15, -0.1) is 0 Å². The van der Waals surface area contributed by atoms with Crippen LogP contribution in [0.4, 0.5) is 0 Å². The van der Waals surface area contributed by atoms with Gasteiger partial charge in [-0.3, -0.25) is 0 Å². The molecule has 1 aliphatic heterocycles. The second kappa shape index (κ2) is 5.90. The number of nitrogens with zero attached hydrogens (tertiary/aromatic N) is 2. The summed E-state index contributed by atoms with van der Waals surface area (Å²) in [5.74, 6) is 0.749. The van der Waals surface area contributed by atoms with Gasteiger partial charge in [-0.2, -0.15) is 5.10 Å². The van der Waals surface area contributed by atoms with E-state index in [4.69, 9.17) is 14.2 Å². The van der Waals surface area contributed by atoms with Gasteiger partial charge in [0.1, 0.15) is 0 Å². The normalized spacial score (nSPS) is 19.6. The van der Waals surface area contributed by atoms with Crippen molar-refractivity contribution in [3.63, 3.8) is 0 Å². The molecular formula is C19H26N2O3. The van der Waals surface area contributed by atoms with Gasteiger partial charge in [0.25, 0.3) is 0 Å². The van der Waals surface area contributed by atoms with Crippen LogP contribution in [0.25, 0.3) is 5.69 Å². The Bertz CT molecular complexity index is 701. The molecule has 1 fully saturated rings. The minimum atomic E-state index is -0.352. The number of aromatic nitrogens is 2. The first-order valence-corrected chi connectivity index (χ1v) is 8.39. The van der Waals surface area contributed by atoms with Crippen LogP contribution in [0.2, 0.25) is 0 Å². The van der Waals surface area contributed by atoms with Gasteiger partial charge in [-0.1, -0.05) is 12.1 Å². The van der Waals surface area contributed by atoms with Crippen molar-refractivity contribution >= 4 is 0 Å². The zero-order chi connectivity index (χ0) is 17.5. The second-order valence-corrected chi connectivity index (χ2v) is 7.15.